The maximum atomic E-state index is 6.18. The minimum Gasteiger partial charge on any atom is -0.461 e. The lowest BCUT2D eigenvalue weighted by molar-refractivity contribution is 0.100. The van der Waals surface area contributed by atoms with E-state index in [1.807, 2.05) is 24.3 Å². The van der Waals surface area contributed by atoms with Gasteiger partial charge in [0.15, 0.2) is 5.76 Å². The van der Waals surface area contributed by atoms with E-state index in [9.17, 15) is 0 Å². The van der Waals surface area contributed by atoms with Gasteiger partial charge in [0, 0.05) is 5.39 Å². The number of halogens is 1. The number of benzene rings is 1. The van der Waals surface area contributed by atoms with Gasteiger partial charge in [0.2, 0.25) is 6.79 Å². The molecular weight excluding hydrogens is 226 g/mol. The lowest BCUT2D eigenvalue weighted by atomic mass is 10.2. The number of hydrogen-bond acceptors (Lipinski definition) is 3. The van der Waals surface area contributed by atoms with Crippen LogP contribution in [0.1, 0.15) is 5.69 Å². The number of pyridine rings is 1. The van der Waals surface area contributed by atoms with Gasteiger partial charge in [-0.05, 0) is 12.1 Å². The lowest BCUT2D eigenvalue weighted by Gasteiger charge is -2.04. The van der Waals surface area contributed by atoms with Crippen molar-refractivity contribution in [1.82, 2.24) is 4.98 Å². The molecule has 0 spiro atoms. The predicted molar refractivity (Wildman–Crippen MR) is 61.8 cm³/mol. The van der Waals surface area contributed by atoms with Crippen LogP contribution in [0.15, 0.2) is 36.6 Å². The Morgan fingerprint density at radius 2 is 2.12 bits per heavy atom. The Morgan fingerprint density at radius 3 is 2.94 bits per heavy atom. The maximum Gasteiger partial charge on any atom is 0.230 e. The van der Waals surface area contributed by atoms with E-state index in [1.165, 1.54) is 0 Å². The number of nitrogens with zero attached hydrogens (tertiary/aromatic N) is 1. The van der Waals surface area contributed by atoms with Gasteiger partial charge in [-0.1, -0.05) is 29.8 Å². The van der Waals surface area contributed by atoms with Gasteiger partial charge >= 0.3 is 0 Å². The Bertz CT molecular complexity index is 580. The summed E-state index contributed by atoms with van der Waals surface area (Å²) >= 11 is 6.18. The molecule has 0 atom stereocenters. The van der Waals surface area contributed by atoms with Crippen LogP contribution < -0.4 is 0 Å². The molecule has 1 aromatic heterocycles. The molecule has 0 fully saturated rings. The van der Waals surface area contributed by atoms with Crippen molar-refractivity contribution in [2.24, 2.45) is 0 Å². The summed E-state index contributed by atoms with van der Waals surface area (Å²) in [4.78, 5) is 4.46. The van der Waals surface area contributed by atoms with Gasteiger partial charge in [-0.2, -0.15) is 0 Å². The van der Waals surface area contributed by atoms with Gasteiger partial charge in [0.25, 0.3) is 0 Å². The summed E-state index contributed by atoms with van der Waals surface area (Å²) < 4.78 is 10.3. The van der Waals surface area contributed by atoms with E-state index < -0.39 is 0 Å². The van der Waals surface area contributed by atoms with Crippen LogP contribution in [0.2, 0.25) is 5.02 Å². The standard InChI is InChI=1S/C12H8ClNO2/c13-9-5-11(12-6-15-7-16-12)14-10-4-2-1-3-8(9)10/h1-6H,7H2. The molecule has 0 amide bonds. The molecule has 1 aliphatic rings. The van der Waals surface area contributed by atoms with Crippen molar-refractivity contribution in [3.8, 4) is 0 Å². The Kier molecular flexibility index (Phi) is 2.18. The Morgan fingerprint density at radius 1 is 1.25 bits per heavy atom. The van der Waals surface area contributed by atoms with E-state index >= 15 is 0 Å². The molecule has 1 aromatic carbocycles. The fourth-order valence-electron chi connectivity index (χ4n) is 1.63. The van der Waals surface area contributed by atoms with Gasteiger partial charge < -0.3 is 9.47 Å². The van der Waals surface area contributed by atoms with E-state index in [-0.39, 0.29) is 6.79 Å². The number of ether oxygens (including phenoxy) is 2. The van der Waals surface area contributed by atoms with Crippen molar-refractivity contribution < 1.29 is 9.47 Å². The molecule has 0 N–H and O–H groups in total. The molecule has 80 valence electrons. The van der Waals surface area contributed by atoms with Crippen LogP contribution in [-0.4, -0.2) is 11.8 Å². The van der Waals surface area contributed by atoms with E-state index in [0.717, 1.165) is 10.9 Å². The zero-order valence-corrected chi connectivity index (χ0v) is 9.07. The van der Waals surface area contributed by atoms with E-state index in [2.05, 4.69) is 4.98 Å². The highest BCUT2D eigenvalue weighted by Crippen LogP contribution is 2.27. The monoisotopic (exact) mass is 233 g/mol. The van der Waals surface area contributed by atoms with Gasteiger partial charge in [0.1, 0.15) is 12.0 Å². The first kappa shape index (κ1) is 9.48. The average molecular weight is 234 g/mol. The number of hydrogen-bond donors (Lipinski definition) is 0. The van der Waals surface area contributed by atoms with Gasteiger partial charge in [-0.15, -0.1) is 0 Å². The molecule has 2 aromatic rings. The van der Waals surface area contributed by atoms with Crippen molar-refractivity contribution in [3.63, 3.8) is 0 Å². The highest BCUT2D eigenvalue weighted by molar-refractivity contribution is 6.35. The fourth-order valence-corrected chi connectivity index (χ4v) is 1.90. The minimum absolute atomic E-state index is 0.238. The van der Waals surface area contributed by atoms with Crippen LogP contribution in [0.3, 0.4) is 0 Å². The average Bonchev–Trinajstić information content (AvgIpc) is 2.82. The number of fused-ring (bicyclic) bond motifs is 1. The molecule has 0 radical (unpaired) electrons. The molecule has 1 aliphatic heterocycles. The molecule has 0 aliphatic carbocycles. The Labute approximate surface area is 97.3 Å². The molecule has 2 heterocycles. The quantitative estimate of drug-likeness (QED) is 0.758. The highest BCUT2D eigenvalue weighted by Gasteiger charge is 2.13. The summed E-state index contributed by atoms with van der Waals surface area (Å²) in [6.45, 7) is 0.238. The van der Waals surface area contributed by atoms with E-state index in [0.29, 0.717) is 16.5 Å². The van der Waals surface area contributed by atoms with Crippen molar-refractivity contribution in [3.05, 3.63) is 47.3 Å². The predicted octanol–water partition coefficient (Wildman–Crippen LogP) is 3.19. The van der Waals surface area contributed by atoms with Crippen molar-refractivity contribution in [2.45, 2.75) is 0 Å². The van der Waals surface area contributed by atoms with Crippen LogP contribution >= 0.6 is 11.6 Å². The first-order chi connectivity index (χ1) is 7.84. The third-order valence-electron chi connectivity index (χ3n) is 2.39. The van der Waals surface area contributed by atoms with Crippen molar-refractivity contribution >= 4 is 28.3 Å². The van der Waals surface area contributed by atoms with Crippen molar-refractivity contribution in [1.29, 1.82) is 0 Å². The summed E-state index contributed by atoms with van der Waals surface area (Å²) in [5.74, 6) is 0.618. The SMILES string of the molecule is Clc1cc(C2=COCO2)nc2ccccc12. The molecule has 0 unspecified atom stereocenters. The second kappa shape index (κ2) is 3.68. The molecule has 4 heteroatoms. The smallest absolute Gasteiger partial charge is 0.230 e. The lowest BCUT2D eigenvalue weighted by Crippen LogP contribution is -1.92. The van der Waals surface area contributed by atoms with E-state index in [4.69, 9.17) is 21.1 Å². The Balaban J connectivity index is 2.21. The summed E-state index contributed by atoms with van der Waals surface area (Å²) in [7, 11) is 0. The summed E-state index contributed by atoms with van der Waals surface area (Å²) in [5.41, 5.74) is 1.54. The third kappa shape index (κ3) is 1.49. The van der Waals surface area contributed by atoms with E-state index in [1.54, 1.807) is 12.3 Å². The second-order valence-electron chi connectivity index (χ2n) is 3.42. The van der Waals surface area contributed by atoms with Crippen LogP contribution in [0.5, 0.6) is 0 Å². The van der Waals surface area contributed by atoms with Crippen LogP contribution in [-0.2, 0) is 9.47 Å². The van der Waals surface area contributed by atoms with Gasteiger partial charge in [-0.3, -0.25) is 0 Å². The van der Waals surface area contributed by atoms with Crippen LogP contribution in [0, 0.1) is 0 Å². The Hall–Kier alpha value is -1.74. The van der Waals surface area contributed by atoms with Crippen molar-refractivity contribution in [2.75, 3.05) is 6.79 Å². The highest BCUT2D eigenvalue weighted by atomic mass is 35.5. The zero-order valence-electron chi connectivity index (χ0n) is 8.31. The summed E-state index contributed by atoms with van der Waals surface area (Å²) in [6, 6.07) is 9.50. The molecule has 3 rings (SSSR count). The molecule has 16 heavy (non-hydrogen) atoms. The fraction of sp³-hybridized carbons (Fsp3) is 0.0833. The molecule has 3 nitrogen and oxygen atoms in total. The number of rotatable bonds is 1. The molecular formula is C12H8ClNO2. The van der Waals surface area contributed by atoms with Gasteiger partial charge in [-0.25, -0.2) is 4.98 Å². The number of para-hydroxylation sites is 1. The second-order valence-corrected chi connectivity index (χ2v) is 3.82. The summed E-state index contributed by atoms with van der Waals surface area (Å²) in [6.07, 6.45) is 1.55. The normalized spacial score (nSPS) is 14.4. The summed E-state index contributed by atoms with van der Waals surface area (Å²) in [5, 5.41) is 1.60. The number of aromatic nitrogens is 1. The first-order valence-corrected chi connectivity index (χ1v) is 5.22. The molecule has 0 saturated heterocycles. The van der Waals surface area contributed by atoms with Gasteiger partial charge in [0.05, 0.1) is 10.5 Å². The first-order valence-electron chi connectivity index (χ1n) is 4.85. The minimum atomic E-state index is 0.238. The van der Waals surface area contributed by atoms with Crippen LogP contribution in [0.4, 0.5) is 0 Å². The largest absolute Gasteiger partial charge is 0.461 e. The van der Waals surface area contributed by atoms with Crippen LogP contribution in [0.25, 0.3) is 16.7 Å². The maximum absolute atomic E-state index is 6.18. The molecule has 0 bridgehead atoms. The molecule has 0 saturated carbocycles. The zero-order chi connectivity index (χ0) is 11.0. The topological polar surface area (TPSA) is 31.4 Å². The third-order valence-corrected chi connectivity index (χ3v) is 2.70.